The quantitative estimate of drug-likeness (QED) is 0.0817. The number of rotatable bonds is 14. The van der Waals surface area contributed by atoms with Gasteiger partial charge in [-0.3, -0.25) is 19.4 Å². The average Bonchev–Trinajstić information content (AvgIpc) is 3.72. The lowest BCUT2D eigenvalue weighted by Crippen LogP contribution is -2.40. The first kappa shape index (κ1) is 59.8. The number of alkyl halides is 6. The third-order valence-electron chi connectivity index (χ3n) is 15.5. The van der Waals surface area contributed by atoms with Crippen molar-refractivity contribution in [3.8, 4) is 22.3 Å². The molecule has 2 fully saturated rings. The Bertz CT molecular complexity index is 3260. The topological polar surface area (TPSA) is 117 Å². The molecular formula is C68H62F6N4O6. The van der Waals surface area contributed by atoms with E-state index in [-0.39, 0.29) is 23.8 Å². The number of hydrogen-bond donors (Lipinski definition) is 2. The number of nitrogens with zero attached hydrogens (tertiary/aromatic N) is 2. The smallest absolute Gasteiger partial charge is 0.416 e. The second kappa shape index (κ2) is 27.0. The number of piperidine rings is 2. The number of amides is 2. The van der Waals surface area contributed by atoms with E-state index in [0.717, 1.165) is 98.4 Å². The molecule has 2 amide bonds. The summed E-state index contributed by atoms with van der Waals surface area (Å²) in [4.78, 5) is 55.9. The second-order valence-electron chi connectivity index (χ2n) is 20.7. The summed E-state index contributed by atoms with van der Waals surface area (Å²) in [5, 5.41) is 5.83. The molecule has 10 rings (SSSR count). The van der Waals surface area contributed by atoms with Crippen molar-refractivity contribution in [1.29, 1.82) is 0 Å². The molecule has 0 spiro atoms. The van der Waals surface area contributed by atoms with Crippen molar-refractivity contribution in [2.75, 3.05) is 51.0 Å². The fourth-order valence-electron chi connectivity index (χ4n) is 11.1. The van der Waals surface area contributed by atoms with Gasteiger partial charge in [0.05, 0.1) is 25.3 Å². The summed E-state index contributed by atoms with van der Waals surface area (Å²) < 4.78 is 88.2. The Morgan fingerprint density at radius 3 is 1.04 bits per heavy atom. The Balaban J connectivity index is 0.000000202. The number of methoxy groups -OCH3 is 2. The first-order valence-corrected chi connectivity index (χ1v) is 27.6. The van der Waals surface area contributed by atoms with Crippen molar-refractivity contribution < 1.29 is 55.0 Å². The molecule has 8 aromatic carbocycles. The van der Waals surface area contributed by atoms with Gasteiger partial charge in [0.25, 0.3) is 11.8 Å². The number of carbonyl (C=O) groups excluding carboxylic acids is 4. The van der Waals surface area contributed by atoms with Crippen LogP contribution in [0, 0.1) is 0 Å². The van der Waals surface area contributed by atoms with E-state index in [1.807, 2.05) is 109 Å². The second-order valence-corrected chi connectivity index (χ2v) is 20.7. The first-order valence-electron chi connectivity index (χ1n) is 27.6. The highest BCUT2D eigenvalue weighted by molar-refractivity contribution is 6.09. The van der Waals surface area contributed by atoms with Crippen LogP contribution in [-0.2, 0) is 31.4 Å². The lowest BCUT2D eigenvalue weighted by molar-refractivity contribution is -0.148. The number of carbonyl (C=O) groups is 4. The first-order chi connectivity index (χ1) is 40.5. The Morgan fingerprint density at radius 2 is 0.726 bits per heavy atom. The highest BCUT2D eigenvalue weighted by Crippen LogP contribution is 2.38. The third-order valence-corrected chi connectivity index (χ3v) is 15.5. The summed E-state index contributed by atoms with van der Waals surface area (Å²) in [5.41, 5.74) is 6.81. The van der Waals surface area contributed by atoms with Gasteiger partial charge in [-0.25, -0.2) is 9.59 Å². The van der Waals surface area contributed by atoms with Crippen LogP contribution in [0.1, 0.15) is 104 Å². The zero-order valence-electron chi connectivity index (χ0n) is 46.2. The van der Waals surface area contributed by atoms with Crippen LogP contribution in [-0.4, -0.2) is 74.0 Å². The van der Waals surface area contributed by atoms with Crippen molar-refractivity contribution in [2.45, 2.75) is 62.0 Å². The molecule has 16 heteroatoms. The SMILES string of the molecule is COC(=O)C(c1ccccc1)N1CCC(c2ccc(NC(=O)c3ccccc3-c3ccc(C(F)(F)F)cc3)cc2)CC1.COC(=O)[C@@H](c1ccccc1)N1CCC(c2ccc(NC(=O)c3ccccc3-c3ccc(C(F)(F)F)cc3)cc2)CC1. The van der Waals surface area contributed by atoms with Crippen molar-refractivity contribution >= 4 is 35.1 Å². The molecule has 432 valence electrons. The molecule has 2 N–H and O–H groups in total. The Labute approximate surface area is 484 Å². The van der Waals surface area contributed by atoms with E-state index in [2.05, 4.69) is 20.4 Å². The molecule has 84 heavy (non-hydrogen) atoms. The van der Waals surface area contributed by atoms with Crippen molar-refractivity contribution in [3.05, 3.63) is 251 Å². The van der Waals surface area contributed by atoms with Gasteiger partial charge in [-0.05, 0) is 169 Å². The van der Waals surface area contributed by atoms with E-state index in [0.29, 0.717) is 56.6 Å². The zero-order chi connectivity index (χ0) is 59.4. The number of nitrogens with one attached hydrogen (secondary N) is 2. The van der Waals surface area contributed by atoms with Crippen LogP contribution in [0.4, 0.5) is 37.7 Å². The summed E-state index contributed by atoms with van der Waals surface area (Å²) in [6.07, 6.45) is -5.32. The molecule has 2 aliphatic heterocycles. The molecule has 2 aliphatic rings. The summed E-state index contributed by atoms with van der Waals surface area (Å²) in [7, 11) is 2.83. The molecule has 0 saturated carbocycles. The maximum atomic E-state index is 13.2. The lowest BCUT2D eigenvalue weighted by atomic mass is 9.88. The van der Waals surface area contributed by atoms with Crippen LogP contribution in [0.15, 0.2) is 206 Å². The van der Waals surface area contributed by atoms with E-state index in [1.165, 1.54) is 38.5 Å². The van der Waals surface area contributed by atoms with Gasteiger partial charge in [-0.2, -0.15) is 26.3 Å². The minimum Gasteiger partial charge on any atom is -0.468 e. The number of ether oxygens (including phenoxy) is 2. The predicted molar refractivity (Wildman–Crippen MR) is 312 cm³/mol. The minimum absolute atomic E-state index is 0.264. The van der Waals surface area contributed by atoms with Crippen LogP contribution in [0.3, 0.4) is 0 Å². The van der Waals surface area contributed by atoms with Crippen LogP contribution in [0.5, 0.6) is 0 Å². The van der Waals surface area contributed by atoms with Crippen molar-refractivity contribution in [1.82, 2.24) is 9.80 Å². The van der Waals surface area contributed by atoms with E-state index in [4.69, 9.17) is 9.47 Å². The lowest BCUT2D eigenvalue weighted by Gasteiger charge is -2.36. The molecule has 8 aromatic rings. The third kappa shape index (κ3) is 14.7. The highest BCUT2D eigenvalue weighted by atomic mass is 19.4. The largest absolute Gasteiger partial charge is 0.468 e. The van der Waals surface area contributed by atoms with Crippen LogP contribution in [0.2, 0.25) is 0 Å². The fourth-order valence-corrected chi connectivity index (χ4v) is 11.1. The average molecular weight is 1150 g/mol. The minimum atomic E-state index is -4.42. The number of halogens is 6. The molecule has 0 aliphatic carbocycles. The van der Waals surface area contributed by atoms with Crippen LogP contribution >= 0.6 is 0 Å². The zero-order valence-corrected chi connectivity index (χ0v) is 46.2. The summed E-state index contributed by atoms with van der Waals surface area (Å²) in [6, 6.07) is 57.2. The molecule has 0 bridgehead atoms. The molecule has 2 saturated heterocycles. The molecule has 2 heterocycles. The van der Waals surface area contributed by atoms with E-state index in [9.17, 15) is 45.5 Å². The number of benzene rings is 8. The number of likely N-dealkylation sites (tertiary alicyclic amines) is 2. The van der Waals surface area contributed by atoms with Gasteiger partial charge >= 0.3 is 24.3 Å². The Hall–Kier alpha value is -8.86. The van der Waals surface area contributed by atoms with Gasteiger partial charge in [0.15, 0.2) is 0 Å². The summed E-state index contributed by atoms with van der Waals surface area (Å²) in [5.74, 6) is -0.581. The van der Waals surface area contributed by atoms with Gasteiger partial charge in [0.1, 0.15) is 12.1 Å². The highest BCUT2D eigenvalue weighted by Gasteiger charge is 2.35. The predicted octanol–water partition coefficient (Wildman–Crippen LogP) is 15.4. The van der Waals surface area contributed by atoms with E-state index in [1.54, 1.807) is 48.5 Å². The number of anilines is 2. The maximum absolute atomic E-state index is 13.2. The monoisotopic (exact) mass is 1140 g/mol. The molecule has 10 nitrogen and oxygen atoms in total. The van der Waals surface area contributed by atoms with E-state index >= 15 is 0 Å². The summed E-state index contributed by atoms with van der Waals surface area (Å²) in [6.45, 7) is 2.99. The van der Waals surface area contributed by atoms with Crippen molar-refractivity contribution in [3.63, 3.8) is 0 Å². The number of esters is 2. The van der Waals surface area contributed by atoms with Crippen molar-refractivity contribution in [2.24, 2.45) is 0 Å². The standard InChI is InChI=1S/2C34H31F3N2O3/c2*1-42-33(41)31(26-7-3-2-4-8-26)39-21-19-24(20-22-39)23-13-17-28(18-14-23)38-32(40)30-10-6-5-9-29(30)25-11-15-27(16-12-25)34(35,36)37/h2*2-18,24,31H,19-22H2,1H3,(H,38,40)/t31-;/m1./s1. The molecule has 2 atom stereocenters. The maximum Gasteiger partial charge on any atom is 0.416 e. The Kier molecular flexibility index (Phi) is 19.2. The molecule has 0 radical (unpaired) electrons. The number of hydrogen-bond acceptors (Lipinski definition) is 8. The Morgan fingerprint density at radius 1 is 0.417 bits per heavy atom. The van der Waals surface area contributed by atoms with Gasteiger partial charge in [0.2, 0.25) is 0 Å². The molecule has 0 aromatic heterocycles. The van der Waals surface area contributed by atoms with Gasteiger partial charge in [-0.1, -0.05) is 146 Å². The van der Waals surface area contributed by atoms with E-state index < -0.39 is 35.6 Å². The van der Waals surface area contributed by atoms with Gasteiger partial charge in [-0.15, -0.1) is 0 Å². The molecule has 1 unspecified atom stereocenters. The molecular weight excluding hydrogens is 1080 g/mol. The van der Waals surface area contributed by atoms with Gasteiger partial charge in [0, 0.05) is 22.5 Å². The van der Waals surface area contributed by atoms with Crippen LogP contribution in [0.25, 0.3) is 22.3 Å². The van der Waals surface area contributed by atoms with Gasteiger partial charge < -0.3 is 20.1 Å². The normalized spacial score (nSPS) is 15.1. The fraction of sp³-hybridized carbons (Fsp3) is 0.235. The van der Waals surface area contributed by atoms with Crippen LogP contribution < -0.4 is 10.6 Å². The summed E-state index contributed by atoms with van der Waals surface area (Å²) >= 11 is 0.